The highest BCUT2D eigenvalue weighted by Crippen LogP contribution is 2.37. The quantitative estimate of drug-likeness (QED) is 0.823. The van der Waals surface area contributed by atoms with Crippen molar-refractivity contribution < 1.29 is 19.1 Å². The van der Waals surface area contributed by atoms with Crippen LogP contribution in [-0.2, 0) is 4.79 Å². The van der Waals surface area contributed by atoms with Gasteiger partial charge in [0.2, 0.25) is 12.7 Å². The van der Waals surface area contributed by atoms with Gasteiger partial charge < -0.3 is 20.1 Å². The van der Waals surface area contributed by atoms with Gasteiger partial charge in [-0.2, -0.15) is 0 Å². The van der Waals surface area contributed by atoms with Crippen molar-refractivity contribution in [3.8, 4) is 11.5 Å². The van der Waals surface area contributed by atoms with Crippen LogP contribution < -0.4 is 20.1 Å². The fourth-order valence-electron chi connectivity index (χ4n) is 2.90. The lowest BCUT2D eigenvalue weighted by Crippen LogP contribution is -2.32. The lowest BCUT2D eigenvalue weighted by molar-refractivity contribution is -0.117. The highest BCUT2D eigenvalue weighted by atomic mass is 35.5. The van der Waals surface area contributed by atoms with E-state index in [1.54, 1.807) is 12.1 Å². The van der Waals surface area contributed by atoms with Crippen LogP contribution in [0.4, 0.5) is 5.69 Å². The summed E-state index contributed by atoms with van der Waals surface area (Å²) in [5, 5.41) is 6.14. The zero-order valence-corrected chi connectivity index (χ0v) is 13.8. The number of Topliss-reactive ketones (excluding diaryl/α,β-unsaturated/α-hetero) is 1. The first-order valence-electron chi connectivity index (χ1n) is 7.58. The number of amides is 1. The van der Waals surface area contributed by atoms with Crippen molar-refractivity contribution in [3.63, 3.8) is 0 Å². The molecule has 0 aromatic heterocycles. The van der Waals surface area contributed by atoms with Gasteiger partial charge in [0.05, 0.1) is 5.69 Å². The Morgan fingerprint density at radius 3 is 2.70 bits per heavy atom. The summed E-state index contributed by atoms with van der Waals surface area (Å²) in [6.07, 6.45) is 2.61. The minimum absolute atomic E-state index is 0. The number of rotatable bonds is 4. The number of halogens is 1. The summed E-state index contributed by atoms with van der Waals surface area (Å²) in [7, 11) is 0. The number of fused-ring (bicyclic) bond motifs is 1. The number of carbonyl (C=O) groups excluding carboxylic acids is 2. The molecule has 1 atom stereocenters. The Morgan fingerprint density at radius 1 is 1.30 bits per heavy atom. The molecular weight excluding hydrogens is 320 g/mol. The predicted octanol–water partition coefficient (Wildman–Crippen LogP) is 2.37. The molecule has 6 nitrogen and oxygen atoms in total. The van der Waals surface area contributed by atoms with Crippen molar-refractivity contribution in [3.05, 3.63) is 17.7 Å². The Kier molecular flexibility index (Phi) is 5.85. The molecule has 2 aliphatic heterocycles. The van der Waals surface area contributed by atoms with Crippen molar-refractivity contribution in [2.24, 2.45) is 5.92 Å². The molecule has 1 fully saturated rings. The lowest BCUT2D eigenvalue weighted by Gasteiger charge is -2.22. The van der Waals surface area contributed by atoms with Crippen molar-refractivity contribution in [1.29, 1.82) is 0 Å². The number of benzene rings is 1. The van der Waals surface area contributed by atoms with Gasteiger partial charge in [0.25, 0.3) is 0 Å². The van der Waals surface area contributed by atoms with Crippen molar-refractivity contribution in [2.75, 3.05) is 25.2 Å². The molecule has 0 bridgehead atoms. The molecule has 126 valence electrons. The van der Waals surface area contributed by atoms with E-state index >= 15 is 0 Å². The number of piperidine rings is 1. The molecule has 1 aromatic carbocycles. The number of anilines is 1. The SMILES string of the molecule is CC(=O)c1cc2c(cc1NC(=O)CC1CCCNC1)OCO2.Cl. The van der Waals surface area contributed by atoms with Crippen molar-refractivity contribution in [1.82, 2.24) is 5.32 Å². The van der Waals surface area contributed by atoms with Gasteiger partial charge in [0.1, 0.15) is 0 Å². The molecule has 7 heteroatoms. The first kappa shape index (κ1) is 17.6. The fourth-order valence-corrected chi connectivity index (χ4v) is 2.90. The van der Waals surface area contributed by atoms with Crippen LogP contribution >= 0.6 is 12.4 Å². The molecule has 0 spiro atoms. The molecule has 0 radical (unpaired) electrons. The number of carbonyl (C=O) groups is 2. The standard InChI is InChI=1S/C16H20N2O4.ClH/c1-10(19)12-6-14-15(22-9-21-14)7-13(12)18-16(20)5-11-3-2-4-17-8-11;/h6-7,11,17H,2-5,8-9H2,1H3,(H,18,20);1H. The van der Waals surface area contributed by atoms with Gasteiger partial charge in [-0.05, 0) is 44.8 Å². The predicted molar refractivity (Wildman–Crippen MR) is 88.7 cm³/mol. The van der Waals surface area contributed by atoms with E-state index in [1.165, 1.54) is 6.92 Å². The van der Waals surface area contributed by atoms with Crippen LogP contribution in [0.15, 0.2) is 12.1 Å². The first-order valence-corrected chi connectivity index (χ1v) is 7.58. The van der Waals surface area contributed by atoms with Gasteiger partial charge >= 0.3 is 0 Å². The van der Waals surface area contributed by atoms with Crippen LogP contribution in [0.5, 0.6) is 11.5 Å². The minimum Gasteiger partial charge on any atom is -0.454 e. The normalized spacial score (nSPS) is 18.9. The molecule has 2 heterocycles. The Labute approximate surface area is 141 Å². The van der Waals surface area contributed by atoms with Gasteiger partial charge in [0.15, 0.2) is 17.3 Å². The summed E-state index contributed by atoms with van der Waals surface area (Å²) in [5.41, 5.74) is 0.935. The van der Waals surface area contributed by atoms with Gasteiger partial charge in [-0.1, -0.05) is 0 Å². The Hall–Kier alpha value is -1.79. The van der Waals surface area contributed by atoms with E-state index < -0.39 is 0 Å². The van der Waals surface area contributed by atoms with Gasteiger partial charge in [-0.25, -0.2) is 0 Å². The maximum atomic E-state index is 12.2. The molecule has 2 N–H and O–H groups in total. The molecule has 3 rings (SSSR count). The molecular formula is C16H21ClN2O4. The Bertz CT molecular complexity index is 600. The van der Waals surface area contributed by atoms with Crippen LogP contribution in [0.25, 0.3) is 0 Å². The minimum atomic E-state index is -0.118. The van der Waals surface area contributed by atoms with E-state index in [9.17, 15) is 9.59 Å². The van der Waals surface area contributed by atoms with E-state index in [0.29, 0.717) is 35.1 Å². The van der Waals surface area contributed by atoms with Gasteiger partial charge in [-0.15, -0.1) is 12.4 Å². The summed E-state index contributed by atoms with van der Waals surface area (Å²) in [4.78, 5) is 24.0. The summed E-state index contributed by atoms with van der Waals surface area (Å²) >= 11 is 0. The summed E-state index contributed by atoms with van der Waals surface area (Å²) in [5.74, 6) is 1.26. The van der Waals surface area contributed by atoms with Crippen molar-refractivity contribution in [2.45, 2.75) is 26.2 Å². The highest BCUT2D eigenvalue weighted by Gasteiger charge is 2.22. The monoisotopic (exact) mass is 340 g/mol. The fraction of sp³-hybridized carbons (Fsp3) is 0.500. The number of nitrogens with one attached hydrogen (secondary N) is 2. The number of ether oxygens (including phenoxy) is 2. The maximum Gasteiger partial charge on any atom is 0.231 e. The van der Waals surface area contributed by atoms with E-state index in [0.717, 1.165) is 25.9 Å². The van der Waals surface area contributed by atoms with Crippen LogP contribution in [0, 0.1) is 5.92 Å². The summed E-state index contributed by atoms with van der Waals surface area (Å²) in [6.45, 7) is 3.50. The molecule has 1 unspecified atom stereocenters. The lowest BCUT2D eigenvalue weighted by atomic mass is 9.96. The molecule has 0 saturated carbocycles. The molecule has 0 aliphatic carbocycles. The van der Waals surface area contributed by atoms with Gasteiger partial charge in [0, 0.05) is 18.1 Å². The zero-order valence-electron chi connectivity index (χ0n) is 13.0. The van der Waals surface area contributed by atoms with E-state index in [-0.39, 0.29) is 30.9 Å². The highest BCUT2D eigenvalue weighted by molar-refractivity contribution is 6.04. The van der Waals surface area contributed by atoms with Crippen LogP contribution in [-0.4, -0.2) is 31.6 Å². The van der Waals surface area contributed by atoms with Gasteiger partial charge in [-0.3, -0.25) is 9.59 Å². The summed E-state index contributed by atoms with van der Waals surface area (Å²) in [6, 6.07) is 3.29. The molecule has 1 amide bonds. The second-order valence-corrected chi connectivity index (χ2v) is 5.77. The first-order chi connectivity index (χ1) is 10.6. The molecule has 2 aliphatic rings. The third-order valence-corrected chi connectivity index (χ3v) is 4.04. The number of hydrogen-bond acceptors (Lipinski definition) is 5. The third kappa shape index (κ3) is 4.14. The average Bonchev–Trinajstić information content (AvgIpc) is 2.94. The summed E-state index contributed by atoms with van der Waals surface area (Å²) < 4.78 is 10.6. The smallest absolute Gasteiger partial charge is 0.231 e. The second kappa shape index (κ2) is 7.66. The largest absolute Gasteiger partial charge is 0.454 e. The number of hydrogen-bond donors (Lipinski definition) is 2. The molecule has 23 heavy (non-hydrogen) atoms. The van der Waals surface area contributed by atoms with Crippen LogP contribution in [0.1, 0.15) is 36.5 Å². The molecule has 1 saturated heterocycles. The van der Waals surface area contributed by atoms with Crippen molar-refractivity contribution >= 4 is 29.8 Å². The zero-order chi connectivity index (χ0) is 15.5. The van der Waals surface area contributed by atoms with Crippen LogP contribution in [0.2, 0.25) is 0 Å². The Morgan fingerprint density at radius 2 is 2.04 bits per heavy atom. The number of ketones is 1. The van der Waals surface area contributed by atoms with E-state index in [1.807, 2.05) is 0 Å². The topological polar surface area (TPSA) is 76.7 Å². The average molecular weight is 341 g/mol. The Balaban J connectivity index is 0.00000192. The second-order valence-electron chi connectivity index (χ2n) is 5.77. The van der Waals surface area contributed by atoms with E-state index in [2.05, 4.69) is 10.6 Å². The maximum absolute atomic E-state index is 12.2. The third-order valence-electron chi connectivity index (χ3n) is 4.04. The van der Waals surface area contributed by atoms with E-state index in [4.69, 9.17) is 9.47 Å². The molecule has 1 aromatic rings. The van der Waals surface area contributed by atoms with Crippen LogP contribution in [0.3, 0.4) is 0 Å².